The van der Waals surface area contributed by atoms with Crippen molar-refractivity contribution < 1.29 is 26.9 Å². The molecule has 0 aliphatic carbocycles. The summed E-state index contributed by atoms with van der Waals surface area (Å²) in [6.07, 6.45) is -4.54. The van der Waals surface area contributed by atoms with Gasteiger partial charge in [-0.15, -0.1) is 0 Å². The molecular formula is C11H14F3N2O2S+. The van der Waals surface area contributed by atoms with Gasteiger partial charge in [-0.2, -0.15) is 17.5 Å². The van der Waals surface area contributed by atoms with Crippen molar-refractivity contribution in [3.05, 3.63) is 29.8 Å². The molecule has 1 aliphatic rings. The molecule has 0 aromatic heterocycles. The number of benzene rings is 1. The first-order valence-electron chi connectivity index (χ1n) is 5.81. The Morgan fingerprint density at radius 3 is 2.37 bits per heavy atom. The Morgan fingerprint density at radius 1 is 1.16 bits per heavy atom. The SMILES string of the molecule is O=S(=O)(c1cccc(C(F)(F)F)c1)N1CC[NH2+]CC1. The van der Waals surface area contributed by atoms with E-state index < -0.39 is 21.8 Å². The van der Waals surface area contributed by atoms with Crippen LogP contribution in [0.1, 0.15) is 5.56 Å². The molecule has 0 saturated carbocycles. The average molecular weight is 295 g/mol. The van der Waals surface area contributed by atoms with Crippen LogP contribution in [0.3, 0.4) is 0 Å². The third kappa shape index (κ3) is 3.07. The van der Waals surface area contributed by atoms with Crippen LogP contribution < -0.4 is 5.32 Å². The number of hydrogen-bond donors (Lipinski definition) is 1. The van der Waals surface area contributed by atoms with Gasteiger partial charge in [0.1, 0.15) is 0 Å². The van der Waals surface area contributed by atoms with Crippen LogP contribution in [0, 0.1) is 0 Å². The summed E-state index contributed by atoms with van der Waals surface area (Å²) in [5, 5.41) is 1.97. The fraction of sp³-hybridized carbons (Fsp3) is 0.455. The predicted octanol–water partition coefficient (Wildman–Crippen LogP) is 0.273. The maximum Gasteiger partial charge on any atom is 0.416 e. The van der Waals surface area contributed by atoms with Crippen LogP contribution in [0.15, 0.2) is 29.2 Å². The Morgan fingerprint density at radius 2 is 1.79 bits per heavy atom. The number of nitrogens with zero attached hydrogens (tertiary/aromatic N) is 1. The summed E-state index contributed by atoms with van der Waals surface area (Å²) in [6.45, 7) is 1.88. The Balaban J connectivity index is 2.35. The van der Waals surface area contributed by atoms with Gasteiger partial charge in [0.05, 0.1) is 36.6 Å². The van der Waals surface area contributed by atoms with E-state index in [1.165, 1.54) is 10.4 Å². The van der Waals surface area contributed by atoms with Gasteiger partial charge in [-0.3, -0.25) is 0 Å². The normalized spacial score (nSPS) is 18.5. The lowest BCUT2D eigenvalue weighted by Gasteiger charge is -2.24. The van der Waals surface area contributed by atoms with Crippen LogP contribution in [-0.2, 0) is 16.2 Å². The summed E-state index contributed by atoms with van der Waals surface area (Å²) < 4.78 is 63.4. The Labute approximate surface area is 109 Å². The molecule has 0 atom stereocenters. The van der Waals surface area contributed by atoms with Gasteiger partial charge >= 0.3 is 6.18 Å². The minimum Gasteiger partial charge on any atom is -0.344 e. The van der Waals surface area contributed by atoms with E-state index in [1.807, 2.05) is 5.32 Å². The van der Waals surface area contributed by atoms with Crippen LogP contribution in [0.4, 0.5) is 13.2 Å². The van der Waals surface area contributed by atoms with Crippen molar-refractivity contribution in [2.24, 2.45) is 0 Å². The van der Waals surface area contributed by atoms with Gasteiger partial charge in [-0.25, -0.2) is 8.42 Å². The quantitative estimate of drug-likeness (QED) is 0.852. The second-order valence-electron chi connectivity index (χ2n) is 4.30. The van der Waals surface area contributed by atoms with Gasteiger partial charge in [0.15, 0.2) is 0 Å². The molecule has 1 aliphatic heterocycles. The largest absolute Gasteiger partial charge is 0.416 e. The van der Waals surface area contributed by atoms with Crippen LogP contribution in [0.2, 0.25) is 0 Å². The molecule has 2 N–H and O–H groups in total. The molecule has 4 nitrogen and oxygen atoms in total. The first kappa shape index (κ1) is 14.3. The first-order valence-corrected chi connectivity index (χ1v) is 7.25. The van der Waals surface area contributed by atoms with Crippen LogP contribution in [0.5, 0.6) is 0 Å². The van der Waals surface area contributed by atoms with Gasteiger partial charge in [-0.05, 0) is 18.2 Å². The molecule has 106 valence electrons. The standard InChI is InChI=1S/C11H13F3N2O2S/c12-11(13,14)9-2-1-3-10(8-9)19(17,18)16-6-4-15-5-7-16/h1-3,8,15H,4-7H2/p+1. The van der Waals surface area contributed by atoms with Crippen LogP contribution >= 0.6 is 0 Å². The van der Waals surface area contributed by atoms with Crippen LogP contribution in [0.25, 0.3) is 0 Å². The van der Waals surface area contributed by atoms with Gasteiger partial charge < -0.3 is 5.32 Å². The van der Waals surface area contributed by atoms with E-state index in [0.717, 1.165) is 12.1 Å². The zero-order valence-corrected chi connectivity index (χ0v) is 10.8. The Kier molecular flexibility index (Phi) is 3.84. The van der Waals surface area contributed by atoms with E-state index in [-0.39, 0.29) is 4.90 Å². The summed E-state index contributed by atoms with van der Waals surface area (Å²) in [7, 11) is -3.83. The van der Waals surface area contributed by atoms with E-state index >= 15 is 0 Å². The van der Waals surface area contributed by atoms with E-state index in [1.54, 1.807) is 0 Å². The second kappa shape index (κ2) is 5.10. The van der Waals surface area contributed by atoms with Crippen molar-refractivity contribution in [2.75, 3.05) is 26.2 Å². The lowest BCUT2D eigenvalue weighted by molar-refractivity contribution is -0.661. The summed E-state index contributed by atoms with van der Waals surface area (Å²) in [4.78, 5) is -0.302. The topological polar surface area (TPSA) is 54.0 Å². The second-order valence-corrected chi connectivity index (χ2v) is 6.23. The summed E-state index contributed by atoms with van der Waals surface area (Å²) in [6, 6.07) is 3.87. The number of sulfonamides is 1. The number of piperazine rings is 1. The van der Waals surface area contributed by atoms with Crippen LogP contribution in [-0.4, -0.2) is 38.9 Å². The van der Waals surface area contributed by atoms with E-state index in [9.17, 15) is 21.6 Å². The highest BCUT2D eigenvalue weighted by Crippen LogP contribution is 2.31. The molecule has 0 unspecified atom stereocenters. The van der Waals surface area contributed by atoms with Crippen molar-refractivity contribution in [1.82, 2.24) is 4.31 Å². The highest BCUT2D eigenvalue weighted by Gasteiger charge is 2.33. The van der Waals surface area contributed by atoms with Crippen molar-refractivity contribution in [1.29, 1.82) is 0 Å². The summed E-state index contributed by atoms with van der Waals surface area (Å²) in [5.41, 5.74) is -0.947. The fourth-order valence-electron chi connectivity index (χ4n) is 1.95. The Bertz CT molecular complexity index is 551. The summed E-state index contributed by atoms with van der Waals surface area (Å²) in [5.74, 6) is 0. The summed E-state index contributed by atoms with van der Waals surface area (Å²) >= 11 is 0. The van der Waals surface area contributed by atoms with E-state index in [4.69, 9.17) is 0 Å². The minimum absolute atomic E-state index is 0.302. The highest BCUT2D eigenvalue weighted by atomic mass is 32.2. The predicted molar refractivity (Wildman–Crippen MR) is 61.9 cm³/mol. The molecule has 1 aromatic rings. The third-order valence-electron chi connectivity index (χ3n) is 2.96. The molecule has 1 heterocycles. The first-order chi connectivity index (χ1) is 8.82. The van der Waals surface area contributed by atoms with Crippen molar-refractivity contribution in [3.8, 4) is 0 Å². The molecule has 0 spiro atoms. The maximum absolute atomic E-state index is 12.6. The highest BCUT2D eigenvalue weighted by molar-refractivity contribution is 7.89. The number of hydrogen-bond acceptors (Lipinski definition) is 2. The average Bonchev–Trinajstić information content (AvgIpc) is 2.39. The van der Waals surface area contributed by atoms with Gasteiger partial charge in [0.25, 0.3) is 0 Å². The molecule has 2 rings (SSSR count). The fourth-order valence-corrected chi connectivity index (χ4v) is 3.47. The zero-order chi connectivity index (χ0) is 14.1. The van der Waals surface area contributed by atoms with Gasteiger partial charge in [0, 0.05) is 0 Å². The molecule has 0 amide bonds. The number of rotatable bonds is 2. The van der Waals surface area contributed by atoms with Gasteiger partial charge in [-0.1, -0.05) is 6.07 Å². The molecule has 8 heteroatoms. The third-order valence-corrected chi connectivity index (χ3v) is 4.86. The zero-order valence-electron chi connectivity index (χ0n) is 10.0. The number of nitrogens with two attached hydrogens (primary N) is 1. The lowest BCUT2D eigenvalue weighted by atomic mass is 10.2. The molecule has 1 saturated heterocycles. The van der Waals surface area contributed by atoms with E-state index in [0.29, 0.717) is 32.2 Å². The smallest absolute Gasteiger partial charge is 0.344 e. The maximum atomic E-state index is 12.6. The number of alkyl halides is 3. The monoisotopic (exact) mass is 295 g/mol. The van der Waals surface area contributed by atoms with Crippen molar-refractivity contribution >= 4 is 10.0 Å². The van der Waals surface area contributed by atoms with Crippen molar-refractivity contribution in [2.45, 2.75) is 11.1 Å². The molecule has 1 fully saturated rings. The molecular weight excluding hydrogens is 281 g/mol. The number of quaternary nitrogens is 1. The molecule has 19 heavy (non-hydrogen) atoms. The van der Waals surface area contributed by atoms with Gasteiger partial charge in [0.2, 0.25) is 10.0 Å². The Hall–Kier alpha value is -1.12. The minimum atomic E-state index is -4.54. The number of halogens is 3. The van der Waals surface area contributed by atoms with E-state index in [2.05, 4.69) is 0 Å². The lowest BCUT2D eigenvalue weighted by Crippen LogP contribution is -2.89. The molecule has 0 radical (unpaired) electrons. The molecule has 1 aromatic carbocycles. The van der Waals surface area contributed by atoms with Crippen molar-refractivity contribution in [3.63, 3.8) is 0 Å². The molecule has 0 bridgehead atoms.